The lowest BCUT2D eigenvalue weighted by atomic mass is 9.84. The Morgan fingerprint density at radius 3 is 2.67 bits per heavy atom. The van der Waals surface area contributed by atoms with E-state index in [4.69, 9.17) is 4.99 Å². The summed E-state index contributed by atoms with van der Waals surface area (Å²) < 4.78 is 0. The molecule has 0 aromatic heterocycles. The van der Waals surface area contributed by atoms with E-state index < -0.39 is 18.2 Å². The molecule has 0 spiro atoms. The fourth-order valence-corrected chi connectivity index (χ4v) is 6.33. The zero-order chi connectivity index (χ0) is 19.3. The number of nitrogens with zero attached hydrogens (tertiary/aromatic N) is 3. The van der Waals surface area contributed by atoms with E-state index in [0.717, 1.165) is 16.1 Å². The molecule has 27 heavy (non-hydrogen) atoms. The molecule has 3 aliphatic rings. The van der Waals surface area contributed by atoms with Gasteiger partial charge >= 0.3 is 5.97 Å². The van der Waals surface area contributed by atoms with E-state index in [1.54, 1.807) is 0 Å². The lowest BCUT2D eigenvalue weighted by molar-refractivity contribution is -0.626. The lowest BCUT2D eigenvalue weighted by Gasteiger charge is -2.30. The number of hydrazine groups is 1. The largest absolute Gasteiger partial charge is 0.481 e. The highest BCUT2D eigenvalue weighted by atomic mass is 32.2. The summed E-state index contributed by atoms with van der Waals surface area (Å²) in [6, 6.07) is 9.51. The Hall–Kier alpha value is -1.93. The van der Waals surface area contributed by atoms with Crippen LogP contribution in [-0.2, 0) is 4.79 Å². The Balaban J connectivity index is 1.86. The molecule has 4 rings (SSSR count). The highest BCUT2D eigenvalue weighted by molar-refractivity contribution is 8.00. The van der Waals surface area contributed by atoms with Crippen LogP contribution in [0.25, 0.3) is 0 Å². The van der Waals surface area contributed by atoms with Crippen LogP contribution in [0.5, 0.6) is 0 Å². The second kappa shape index (κ2) is 6.91. The first kappa shape index (κ1) is 18.4. The summed E-state index contributed by atoms with van der Waals surface area (Å²) in [6.07, 6.45) is -0.888. The van der Waals surface area contributed by atoms with Gasteiger partial charge < -0.3 is 5.11 Å². The van der Waals surface area contributed by atoms with Crippen molar-refractivity contribution in [2.24, 2.45) is 16.8 Å². The van der Waals surface area contributed by atoms with Crippen molar-refractivity contribution < 1.29 is 14.8 Å². The number of fused-ring (bicyclic) bond motifs is 3. The van der Waals surface area contributed by atoms with Crippen LogP contribution in [0.4, 0.5) is 0 Å². The summed E-state index contributed by atoms with van der Waals surface area (Å²) >= 11 is 1.86. The first-order valence-electron chi connectivity index (χ1n) is 9.39. The molecule has 1 aromatic rings. The molecule has 1 aromatic carbocycles. The number of rotatable bonds is 3. The number of hydrogen-bond donors (Lipinski definition) is 2. The maximum absolute atomic E-state index is 12.3. The zero-order valence-corrected chi connectivity index (χ0v) is 16.5. The fourth-order valence-electron chi connectivity index (χ4n) is 4.48. The molecule has 0 amide bonds. The summed E-state index contributed by atoms with van der Waals surface area (Å²) in [5, 5.41) is 9.96. The van der Waals surface area contributed by atoms with Gasteiger partial charge in [-0.3, -0.25) is 9.79 Å². The van der Waals surface area contributed by atoms with Gasteiger partial charge in [0, 0.05) is 23.8 Å². The third kappa shape index (κ3) is 3.04. The van der Waals surface area contributed by atoms with Gasteiger partial charge in [-0.25, -0.2) is 0 Å². The number of nitrogens with one attached hydrogen (secondary N) is 1. The quantitative estimate of drug-likeness (QED) is 0.772. The second-order valence-corrected chi connectivity index (χ2v) is 9.14. The van der Waals surface area contributed by atoms with Crippen molar-refractivity contribution in [3.05, 3.63) is 40.8 Å². The van der Waals surface area contributed by atoms with Gasteiger partial charge in [0.15, 0.2) is 6.17 Å². The van der Waals surface area contributed by atoms with E-state index in [2.05, 4.69) is 24.2 Å². The van der Waals surface area contributed by atoms with Crippen LogP contribution in [0.3, 0.4) is 0 Å². The van der Waals surface area contributed by atoms with Crippen LogP contribution in [0.15, 0.2) is 35.3 Å². The Kier molecular flexibility index (Phi) is 4.71. The molecular formula is C19H25N4O3S+. The molecule has 2 N–H and O–H groups in total. The van der Waals surface area contributed by atoms with E-state index in [1.165, 1.54) is 0 Å². The average molecular weight is 390 g/mol. The van der Waals surface area contributed by atoms with Crippen molar-refractivity contribution in [2.45, 2.75) is 56.2 Å². The minimum absolute atomic E-state index is 0.0826. The lowest BCUT2D eigenvalue weighted by Crippen LogP contribution is -2.50. The third-order valence-electron chi connectivity index (χ3n) is 6.05. The number of carboxylic acid groups (broad SMARTS) is 1. The minimum atomic E-state index is -0.906. The summed E-state index contributed by atoms with van der Waals surface area (Å²) in [4.78, 5) is 31.8. The zero-order valence-electron chi connectivity index (χ0n) is 15.6. The molecule has 2 fully saturated rings. The van der Waals surface area contributed by atoms with Crippen LogP contribution in [0.2, 0.25) is 0 Å². The molecule has 0 bridgehead atoms. The van der Waals surface area contributed by atoms with E-state index in [9.17, 15) is 14.8 Å². The van der Waals surface area contributed by atoms with Gasteiger partial charge in [0.25, 0.3) is 6.17 Å². The van der Waals surface area contributed by atoms with Crippen molar-refractivity contribution in [3.8, 4) is 0 Å². The molecule has 3 aliphatic heterocycles. The van der Waals surface area contributed by atoms with Crippen molar-refractivity contribution in [1.29, 1.82) is 0 Å². The van der Waals surface area contributed by atoms with Crippen LogP contribution in [-0.4, -0.2) is 55.6 Å². The molecular weight excluding hydrogens is 364 g/mol. The van der Waals surface area contributed by atoms with Gasteiger partial charge in [0.1, 0.15) is 10.9 Å². The molecule has 8 heteroatoms. The Morgan fingerprint density at radius 2 is 2.00 bits per heavy atom. The summed E-state index contributed by atoms with van der Waals surface area (Å²) in [5.41, 5.74) is 4.94. The predicted octanol–water partition coefficient (Wildman–Crippen LogP) is 2.32. The van der Waals surface area contributed by atoms with Gasteiger partial charge in [0.2, 0.25) is 0 Å². The van der Waals surface area contributed by atoms with Crippen LogP contribution < -0.4 is 5.43 Å². The van der Waals surface area contributed by atoms with Crippen molar-refractivity contribution in [3.63, 3.8) is 0 Å². The van der Waals surface area contributed by atoms with Crippen LogP contribution in [0.1, 0.15) is 32.8 Å². The number of thioether (sulfide) groups is 1. The average Bonchev–Trinajstić information content (AvgIpc) is 3.04. The smallest absolute Gasteiger partial charge is 0.305 e. The topological polar surface area (TPSA) is 85.0 Å². The Morgan fingerprint density at radius 1 is 1.30 bits per heavy atom. The first-order chi connectivity index (χ1) is 12.9. The molecule has 0 radical (unpaired) electrons. The molecule has 0 aliphatic carbocycles. The summed E-state index contributed by atoms with van der Waals surface area (Å²) in [6.45, 7) is 6.33. The maximum atomic E-state index is 12.3. The second-order valence-electron chi connectivity index (χ2n) is 7.64. The molecule has 3 heterocycles. The normalized spacial score (nSPS) is 38.6. The number of carbonyl (C=O) groups is 1. The van der Waals surface area contributed by atoms with E-state index in [0.29, 0.717) is 11.2 Å². The number of hydrogen-bond acceptors (Lipinski definition) is 5. The monoisotopic (exact) mass is 389 g/mol. The Labute approximate surface area is 162 Å². The fraction of sp³-hybridized carbons (Fsp3) is 0.579. The van der Waals surface area contributed by atoms with Crippen molar-refractivity contribution in [2.75, 3.05) is 0 Å². The van der Waals surface area contributed by atoms with Crippen molar-refractivity contribution >= 4 is 23.4 Å². The number of aliphatic imine (C=N–C) groups is 1. The third-order valence-corrected chi connectivity index (χ3v) is 7.73. The number of benzene rings is 1. The molecule has 6 unspecified atom stereocenters. The molecule has 7 nitrogen and oxygen atoms in total. The molecule has 144 valence electrons. The number of aliphatic carboxylic acids is 1. The van der Waals surface area contributed by atoms with Gasteiger partial charge in [-0.15, -0.1) is 17.2 Å². The van der Waals surface area contributed by atoms with Gasteiger partial charge in [0.05, 0.1) is 16.7 Å². The van der Waals surface area contributed by atoms with E-state index >= 15 is 0 Å². The van der Waals surface area contributed by atoms with Gasteiger partial charge in [-0.05, 0) is 11.5 Å². The minimum Gasteiger partial charge on any atom is -0.481 e. The highest BCUT2D eigenvalue weighted by Gasteiger charge is 2.58. The molecule has 0 saturated carbocycles. The SMILES string of the molecule is CC1SC2C(C(c3ccccc3)=N[C@@H](CC(=O)O)C3N[N+](=O)C(C)N23)C1C. The van der Waals surface area contributed by atoms with E-state index in [1.807, 2.05) is 49.0 Å². The Bertz CT molecular complexity index is 786. The summed E-state index contributed by atoms with van der Waals surface area (Å²) in [5.74, 6) is -0.392. The first-order valence-corrected chi connectivity index (χ1v) is 10.3. The predicted molar refractivity (Wildman–Crippen MR) is 104 cm³/mol. The van der Waals surface area contributed by atoms with Crippen molar-refractivity contribution in [1.82, 2.24) is 10.3 Å². The van der Waals surface area contributed by atoms with Gasteiger partial charge in [-0.2, -0.15) is 4.90 Å². The standard InChI is InChI=1S/C19H24N4O3S/c1-10-11(2)27-19-16(10)17(13-7-5-4-6-8-13)20-14(9-15(24)25)18-21-23(26)12(3)22(18)19/h4-8,10-12,14,16,18-19H,9H2,1-3H3,(H-,21,24,25,26)/p+1/t10?,11?,12?,14-,16?,18?,19?/m0/s1. The van der Waals surface area contributed by atoms with Gasteiger partial charge in [-0.1, -0.05) is 44.2 Å². The summed E-state index contributed by atoms with van der Waals surface area (Å²) in [7, 11) is 0. The van der Waals surface area contributed by atoms with Crippen LogP contribution in [0, 0.1) is 16.7 Å². The highest BCUT2D eigenvalue weighted by Crippen LogP contribution is 2.49. The van der Waals surface area contributed by atoms with Crippen LogP contribution >= 0.6 is 11.8 Å². The molecule has 7 atom stereocenters. The maximum Gasteiger partial charge on any atom is 0.305 e. The number of nitroso groups, excluding NO2 is 1. The number of carboxylic acids is 1. The molecule has 2 saturated heterocycles. The van der Waals surface area contributed by atoms with E-state index in [-0.39, 0.29) is 23.9 Å².